The Bertz CT molecular complexity index is 1040. The van der Waals surface area contributed by atoms with Crippen LogP contribution >= 0.6 is 0 Å². The van der Waals surface area contributed by atoms with Gasteiger partial charge in [-0.1, -0.05) is 23.8 Å². The lowest BCUT2D eigenvalue weighted by Gasteiger charge is -2.26. The summed E-state index contributed by atoms with van der Waals surface area (Å²) in [6, 6.07) is 10.7. The summed E-state index contributed by atoms with van der Waals surface area (Å²) in [5.41, 5.74) is 3.55. The minimum Gasteiger partial charge on any atom is -0.486 e. The number of sulfonamides is 1. The molecule has 8 heteroatoms. The van der Waals surface area contributed by atoms with E-state index in [9.17, 15) is 13.2 Å². The summed E-state index contributed by atoms with van der Waals surface area (Å²) in [5, 5.41) is 2.92. The number of hydrogen-bond acceptors (Lipinski definition) is 5. The van der Waals surface area contributed by atoms with Gasteiger partial charge in [-0.05, 0) is 51.0 Å². The minimum atomic E-state index is -3.67. The summed E-state index contributed by atoms with van der Waals surface area (Å²) in [5.74, 6) is 0.530. The Labute approximate surface area is 178 Å². The molecule has 30 heavy (non-hydrogen) atoms. The molecule has 162 valence electrons. The molecule has 3 rings (SSSR count). The van der Waals surface area contributed by atoms with Gasteiger partial charge >= 0.3 is 0 Å². The van der Waals surface area contributed by atoms with E-state index in [1.165, 1.54) is 0 Å². The molecule has 0 fully saturated rings. The summed E-state index contributed by atoms with van der Waals surface area (Å²) >= 11 is 0. The normalized spacial score (nSPS) is 14.1. The first-order valence-corrected chi connectivity index (χ1v) is 11.6. The summed E-state index contributed by atoms with van der Waals surface area (Å²) in [7, 11) is -3.67. The molecule has 0 aliphatic carbocycles. The highest BCUT2D eigenvalue weighted by Crippen LogP contribution is 2.34. The van der Waals surface area contributed by atoms with Crippen molar-refractivity contribution in [3.8, 4) is 11.5 Å². The largest absolute Gasteiger partial charge is 0.486 e. The number of carbonyl (C=O) groups is 1. The van der Waals surface area contributed by atoms with E-state index in [2.05, 4.69) is 5.32 Å². The molecule has 0 spiro atoms. The highest BCUT2D eigenvalue weighted by Gasteiger charge is 2.26. The first-order valence-electron chi connectivity index (χ1n) is 9.98. The molecule has 0 saturated heterocycles. The van der Waals surface area contributed by atoms with Crippen LogP contribution in [0.5, 0.6) is 11.5 Å². The van der Waals surface area contributed by atoms with E-state index >= 15 is 0 Å². The number of anilines is 1. The van der Waals surface area contributed by atoms with Crippen molar-refractivity contribution in [2.24, 2.45) is 0 Å². The van der Waals surface area contributed by atoms with E-state index in [1.807, 2.05) is 39.0 Å². The maximum Gasteiger partial charge on any atom is 0.241 e. The van der Waals surface area contributed by atoms with Crippen molar-refractivity contribution in [2.45, 2.75) is 33.7 Å². The average molecular weight is 433 g/mol. The van der Waals surface area contributed by atoms with Gasteiger partial charge in [0.15, 0.2) is 11.5 Å². The molecular formula is C22H28N2O5S. The van der Waals surface area contributed by atoms with Crippen LogP contribution in [0.1, 0.15) is 36.6 Å². The third-order valence-electron chi connectivity index (χ3n) is 5.08. The Morgan fingerprint density at radius 2 is 1.80 bits per heavy atom. The predicted octanol–water partition coefficient (Wildman–Crippen LogP) is 3.11. The number of amides is 1. The van der Waals surface area contributed by atoms with Gasteiger partial charge in [-0.25, -0.2) is 8.42 Å². The molecule has 1 atom stereocenters. The highest BCUT2D eigenvalue weighted by atomic mass is 32.2. The Balaban J connectivity index is 1.82. The molecule has 7 nitrogen and oxygen atoms in total. The second-order valence-corrected chi connectivity index (χ2v) is 9.57. The van der Waals surface area contributed by atoms with Gasteiger partial charge in [0.1, 0.15) is 19.8 Å². The minimum absolute atomic E-state index is 0.124. The number of carbonyl (C=O) groups excluding carboxylic acids is 1. The lowest BCUT2D eigenvalue weighted by Crippen LogP contribution is -2.42. The lowest BCUT2D eigenvalue weighted by atomic mass is 10.00. The molecule has 1 heterocycles. The zero-order valence-electron chi connectivity index (χ0n) is 17.8. The van der Waals surface area contributed by atoms with E-state index in [1.54, 1.807) is 25.1 Å². The Morgan fingerprint density at radius 3 is 2.50 bits per heavy atom. The van der Waals surface area contributed by atoms with Crippen molar-refractivity contribution in [3.05, 3.63) is 53.1 Å². The maximum atomic E-state index is 12.8. The van der Waals surface area contributed by atoms with Crippen LogP contribution in [0, 0.1) is 13.8 Å². The van der Waals surface area contributed by atoms with Crippen molar-refractivity contribution in [1.82, 2.24) is 5.32 Å². The number of benzene rings is 2. The van der Waals surface area contributed by atoms with Crippen LogP contribution in [0.2, 0.25) is 0 Å². The first kappa shape index (κ1) is 22.0. The summed E-state index contributed by atoms with van der Waals surface area (Å²) < 4.78 is 37.7. The highest BCUT2D eigenvalue weighted by molar-refractivity contribution is 7.92. The van der Waals surface area contributed by atoms with Crippen LogP contribution < -0.4 is 19.1 Å². The number of hydrogen-bond donors (Lipinski definition) is 1. The second kappa shape index (κ2) is 8.95. The molecule has 0 bridgehead atoms. The van der Waals surface area contributed by atoms with Crippen molar-refractivity contribution < 1.29 is 22.7 Å². The van der Waals surface area contributed by atoms with E-state index < -0.39 is 10.0 Å². The van der Waals surface area contributed by atoms with Gasteiger partial charge in [0, 0.05) is 6.07 Å². The van der Waals surface area contributed by atoms with Gasteiger partial charge in [0.2, 0.25) is 15.9 Å². The molecule has 1 aliphatic rings. The number of fused-ring (bicyclic) bond motifs is 1. The molecule has 0 radical (unpaired) electrons. The van der Waals surface area contributed by atoms with Crippen LogP contribution in [0.25, 0.3) is 0 Å². The Hall–Kier alpha value is -2.74. The van der Waals surface area contributed by atoms with Crippen LogP contribution in [0.15, 0.2) is 36.4 Å². The van der Waals surface area contributed by atoms with E-state index in [4.69, 9.17) is 9.47 Å². The number of ether oxygens (including phenoxy) is 2. The van der Waals surface area contributed by atoms with Gasteiger partial charge in [-0.15, -0.1) is 0 Å². The zero-order valence-corrected chi connectivity index (χ0v) is 18.6. The van der Waals surface area contributed by atoms with Crippen molar-refractivity contribution in [2.75, 3.05) is 29.8 Å². The zero-order chi connectivity index (χ0) is 21.9. The van der Waals surface area contributed by atoms with Crippen molar-refractivity contribution in [1.29, 1.82) is 0 Å². The third kappa shape index (κ3) is 4.87. The molecule has 1 amide bonds. The van der Waals surface area contributed by atoms with E-state index in [0.717, 1.165) is 21.0 Å². The maximum absolute atomic E-state index is 12.8. The second-order valence-electron chi connectivity index (χ2n) is 7.38. The summed E-state index contributed by atoms with van der Waals surface area (Å²) in [4.78, 5) is 12.8. The molecule has 1 N–H and O–H groups in total. The molecule has 2 aromatic carbocycles. The van der Waals surface area contributed by atoms with Gasteiger partial charge in [-0.3, -0.25) is 9.10 Å². The number of nitrogens with zero attached hydrogens (tertiary/aromatic N) is 1. The molecule has 0 unspecified atom stereocenters. The molecular weight excluding hydrogens is 404 g/mol. The van der Waals surface area contributed by atoms with Gasteiger partial charge in [0.25, 0.3) is 0 Å². The third-order valence-corrected chi connectivity index (χ3v) is 6.82. The fourth-order valence-electron chi connectivity index (χ4n) is 3.41. The predicted molar refractivity (Wildman–Crippen MR) is 117 cm³/mol. The van der Waals surface area contributed by atoms with Gasteiger partial charge < -0.3 is 14.8 Å². The molecule has 2 aromatic rings. The molecule has 0 saturated carbocycles. The number of rotatable bonds is 7. The number of aryl methyl sites for hydroxylation is 2. The van der Waals surface area contributed by atoms with E-state index in [-0.39, 0.29) is 24.2 Å². The number of nitrogens with one attached hydrogen (secondary N) is 1. The fraction of sp³-hybridized carbons (Fsp3) is 0.409. The van der Waals surface area contributed by atoms with Crippen molar-refractivity contribution >= 4 is 21.6 Å². The van der Waals surface area contributed by atoms with Gasteiger partial charge in [-0.2, -0.15) is 0 Å². The SMILES string of the molecule is CCS(=O)(=O)N(CC(=O)N[C@H](C)c1cc(C)ccc1C)c1ccc2c(c1)OCCO2. The molecule has 0 aromatic heterocycles. The van der Waals surface area contributed by atoms with Crippen LogP contribution in [0.3, 0.4) is 0 Å². The smallest absolute Gasteiger partial charge is 0.241 e. The topological polar surface area (TPSA) is 84.9 Å². The Kier molecular flexibility index (Phi) is 6.55. The fourth-order valence-corrected chi connectivity index (χ4v) is 4.48. The monoisotopic (exact) mass is 432 g/mol. The van der Waals surface area contributed by atoms with Crippen LogP contribution in [-0.4, -0.2) is 39.8 Å². The van der Waals surface area contributed by atoms with Gasteiger partial charge in [0.05, 0.1) is 17.5 Å². The standard InChI is InChI=1S/C22H28N2O5S/c1-5-30(26,27)24(18-8-9-20-21(13-18)29-11-10-28-20)14-22(25)23-17(4)19-12-15(2)6-7-16(19)3/h6-9,12-13,17H,5,10-11,14H2,1-4H3,(H,23,25)/t17-/m1/s1. The summed E-state index contributed by atoms with van der Waals surface area (Å²) in [6.07, 6.45) is 0. The van der Waals surface area contributed by atoms with Crippen LogP contribution in [-0.2, 0) is 14.8 Å². The van der Waals surface area contributed by atoms with E-state index in [0.29, 0.717) is 30.4 Å². The lowest BCUT2D eigenvalue weighted by molar-refractivity contribution is -0.120. The van der Waals surface area contributed by atoms with Crippen molar-refractivity contribution in [3.63, 3.8) is 0 Å². The van der Waals surface area contributed by atoms with Crippen LogP contribution in [0.4, 0.5) is 5.69 Å². The Morgan fingerprint density at radius 1 is 1.10 bits per heavy atom. The molecule has 1 aliphatic heterocycles. The first-order chi connectivity index (χ1) is 14.2. The quantitative estimate of drug-likeness (QED) is 0.727. The average Bonchev–Trinajstić information content (AvgIpc) is 2.73. The summed E-state index contributed by atoms with van der Waals surface area (Å²) in [6.45, 7) is 7.95.